The Bertz CT molecular complexity index is 990. The van der Waals surface area contributed by atoms with Crippen molar-refractivity contribution in [1.29, 1.82) is 0 Å². The Morgan fingerprint density at radius 3 is 2.63 bits per heavy atom. The van der Waals surface area contributed by atoms with Gasteiger partial charge in [-0.15, -0.1) is 0 Å². The van der Waals surface area contributed by atoms with Crippen LogP contribution < -0.4 is 15.0 Å². The van der Waals surface area contributed by atoms with E-state index in [2.05, 4.69) is 5.32 Å². The highest BCUT2D eigenvalue weighted by Gasteiger charge is 2.47. The zero-order chi connectivity index (χ0) is 21.5. The molecular weight excluding hydrogens is 397 g/mol. The fourth-order valence-corrected chi connectivity index (χ4v) is 4.02. The second-order valence-corrected chi connectivity index (χ2v) is 7.56. The fraction of sp³-hybridized carbons (Fsp3) is 0.364. The molecule has 2 aliphatic rings. The lowest BCUT2D eigenvalue weighted by molar-refractivity contribution is -0.138. The number of rotatable bonds is 5. The molecule has 4 rings (SSSR count). The van der Waals surface area contributed by atoms with Crippen LogP contribution in [0.15, 0.2) is 42.5 Å². The molecule has 1 aliphatic heterocycles. The second-order valence-electron chi connectivity index (χ2n) is 7.56. The van der Waals surface area contributed by atoms with Crippen LogP contribution >= 0.6 is 0 Å². The number of nitrogens with zero attached hydrogens (tertiary/aromatic N) is 1. The maximum absolute atomic E-state index is 13.2. The van der Waals surface area contributed by atoms with Crippen LogP contribution in [0.4, 0.5) is 24.5 Å². The first kappa shape index (κ1) is 20.3. The van der Waals surface area contributed by atoms with Crippen molar-refractivity contribution in [1.82, 2.24) is 0 Å². The summed E-state index contributed by atoms with van der Waals surface area (Å²) in [6.07, 6.45) is -2.81. The number of amides is 2. The van der Waals surface area contributed by atoms with Crippen LogP contribution in [0, 0.1) is 5.92 Å². The number of nitrogens with one attached hydrogen (secondary N) is 1. The van der Waals surface area contributed by atoms with Gasteiger partial charge in [-0.3, -0.25) is 9.59 Å². The van der Waals surface area contributed by atoms with Gasteiger partial charge in [0.2, 0.25) is 11.8 Å². The number of anilines is 2. The number of halogens is 3. The standard InChI is InChI=1S/C22H21F3N2O3/c1-30-19-11-13(8-9-18(19)27-10-4-7-20(27)28)26-21(29)16-12-15(16)14-5-2-3-6-17(14)22(23,24)25/h2-3,5-6,8-9,11,15-16H,4,7,10,12H2,1H3,(H,26,29). The van der Waals surface area contributed by atoms with Crippen LogP contribution in [0.25, 0.3) is 0 Å². The average molecular weight is 418 g/mol. The average Bonchev–Trinajstić information content (AvgIpc) is 3.41. The first-order chi connectivity index (χ1) is 14.3. The number of alkyl halides is 3. The van der Waals surface area contributed by atoms with Gasteiger partial charge in [-0.2, -0.15) is 13.2 Å². The van der Waals surface area contributed by atoms with Gasteiger partial charge < -0.3 is 15.0 Å². The van der Waals surface area contributed by atoms with E-state index in [-0.39, 0.29) is 17.4 Å². The first-order valence-corrected chi connectivity index (χ1v) is 9.75. The van der Waals surface area contributed by atoms with Crippen molar-refractivity contribution in [3.63, 3.8) is 0 Å². The second kappa shape index (κ2) is 7.66. The highest BCUT2D eigenvalue weighted by molar-refractivity contribution is 5.98. The van der Waals surface area contributed by atoms with E-state index >= 15 is 0 Å². The Labute approximate surface area is 171 Å². The van der Waals surface area contributed by atoms with Crippen molar-refractivity contribution in [3.05, 3.63) is 53.6 Å². The molecule has 0 radical (unpaired) electrons. The summed E-state index contributed by atoms with van der Waals surface area (Å²) >= 11 is 0. The monoisotopic (exact) mass is 418 g/mol. The van der Waals surface area contributed by atoms with Crippen LogP contribution in [0.2, 0.25) is 0 Å². The molecule has 1 aliphatic carbocycles. The maximum Gasteiger partial charge on any atom is 0.416 e. The molecule has 5 nitrogen and oxygen atoms in total. The molecule has 1 heterocycles. The minimum Gasteiger partial charge on any atom is -0.494 e. The highest BCUT2D eigenvalue weighted by Crippen LogP contribution is 2.51. The van der Waals surface area contributed by atoms with E-state index in [9.17, 15) is 22.8 Å². The fourth-order valence-electron chi connectivity index (χ4n) is 4.02. The normalized spacial score (nSPS) is 20.9. The Balaban J connectivity index is 1.48. The summed E-state index contributed by atoms with van der Waals surface area (Å²) in [5.74, 6) is -0.818. The lowest BCUT2D eigenvalue weighted by Gasteiger charge is -2.19. The number of methoxy groups -OCH3 is 1. The lowest BCUT2D eigenvalue weighted by atomic mass is 10.0. The first-order valence-electron chi connectivity index (χ1n) is 9.75. The molecule has 0 aromatic heterocycles. The third-order valence-electron chi connectivity index (χ3n) is 5.60. The minimum atomic E-state index is -4.45. The van der Waals surface area contributed by atoms with Crippen LogP contribution in [-0.4, -0.2) is 25.5 Å². The molecule has 2 atom stereocenters. The van der Waals surface area contributed by atoms with Crippen molar-refractivity contribution in [2.45, 2.75) is 31.4 Å². The molecule has 1 N–H and O–H groups in total. The number of hydrogen-bond acceptors (Lipinski definition) is 3. The molecule has 158 valence electrons. The van der Waals surface area contributed by atoms with Gasteiger partial charge in [0.15, 0.2) is 0 Å². The maximum atomic E-state index is 13.2. The Hall–Kier alpha value is -3.03. The Kier molecular flexibility index (Phi) is 5.17. The smallest absolute Gasteiger partial charge is 0.416 e. The van der Waals surface area contributed by atoms with E-state index in [1.165, 1.54) is 19.2 Å². The van der Waals surface area contributed by atoms with E-state index in [0.29, 0.717) is 36.5 Å². The van der Waals surface area contributed by atoms with Crippen LogP contribution in [-0.2, 0) is 15.8 Å². The van der Waals surface area contributed by atoms with Gasteiger partial charge in [0.25, 0.3) is 0 Å². The third kappa shape index (κ3) is 3.86. The zero-order valence-corrected chi connectivity index (χ0v) is 16.3. The van der Waals surface area contributed by atoms with Crippen molar-refractivity contribution in [2.24, 2.45) is 5.92 Å². The quantitative estimate of drug-likeness (QED) is 0.773. The SMILES string of the molecule is COc1cc(NC(=O)C2CC2c2ccccc2C(F)(F)F)ccc1N1CCCC1=O. The number of hydrogen-bond donors (Lipinski definition) is 1. The highest BCUT2D eigenvalue weighted by atomic mass is 19.4. The molecule has 0 spiro atoms. The van der Waals surface area contributed by atoms with Gasteiger partial charge in [0.1, 0.15) is 5.75 Å². The molecule has 2 fully saturated rings. The van der Waals surface area contributed by atoms with Gasteiger partial charge in [0, 0.05) is 30.6 Å². The van der Waals surface area contributed by atoms with Crippen molar-refractivity contribution < 1.29 is 27.5 Å². The van der Waals surface area contributed by atoms with Crippen molar-refractivity contribution >= 4 is 23.2 Å². The van der Waals surface area contributed by atoms with Gasteiger partial charge >= 0.3 is 6.18 Å². The van der Waals surface area contributed by atoms with E-state index in [1.54, 1.807) is 29.2 Å². The summed E-state index contributed by atoms with van der Waals surface area (Å²) in [7, 11) is 1.48. The predicted octanol–water partition coefficient (Wildman–Crippen LogP) is 4.58. The van der Waals surface area contributed by atoms with Crippen LogP contribution in [0.1, 0.15) is 36.3 Å². The molecule has 2 amide bonds. The molecule has 30 heavy (non-hydrogen) atoms. The van der Waals surface area contributed by atoms with Crippen molar-refractivity contribution in [3.8, 4) is 5.75 Å². The Morgan fingerprint density at radius 2 is 1.97 bits per heavy atom. The molecule has 2 unspecified atom stereocenters. The molecule has 2 aromatic rings. The molecule has 2 aromatic carbocycles. The van der Waals surface area contributed by atoms with Gasteiger partial charge in [-0.25, -0.2) is 0 Å². The predicted molar refractivity (Wildman–Crippen MR) is 106 cm³/mol. The van der Waals surface area contributed by atoms with E-state index in [4.69, 9.17) is 4.74 Å². The molecule has 1 saturated heterocycles. The number of carbonyl (C=O) groups is 2. The number of carbonyl (C=O) groups excluding carboxylic acids is 2. The summed E-state index contributed by atoms with van der Waals surface area (Å²) in [4.78, 5) is 26.3. The third-order valence-corrected chi connectivity index (χ3v) is 5.60. The van der Waals surface area contributed by atoms with Crippen LogP contribution in [0.3, 0.4) is 0 Å². The number of ether oxygens (including phenoxy) is 1. The van der Waals surface area contributed by atoms with Gasteiger partial charge in [-0.05, 0) is 42.5 Å². The zero-order valence-electron chi connectivity index (χ0n) is 16.3. The number of benzene rings is 2. The Morgan fingerprint density at radius 1 is 1.20 bits per heavy atom. The van der Waals surface area contributed by atoms with Gasteiger partial charge in [0.05, 0.1) is 18.4 Å². The minimum absolute atomic E-state index is 0.0224. The van der Waals surface area contributed by atoms with E-state index in [0.717, 1.165) is 12.5 Å². The van der Waals surface area contributed by atoms with Crippen molar-refractivity contribution in [2.75, 3.05) is 23.9 Å². The molecule has 1 saturated carbocycles. The molecular formula is C22H21F3N2O3. The summed E-state index contributed by atoms with van der Waals surface area (Å²) < 4.78 is 45.1. The topological polar surface area (TPSA) is 58.6 Å². The van der Waals surface area contributed by atoms with E-state index in [1.807, 2.05) is 0 Å². The summed E-state index contributed by atoms with van der Waals surface area (Å²) in [6, 6.07) is 10.4. The van der Waals surface area contributed by atoms with Gasteiger partial charge in [-0.1, -0.05) is 18.2 Å². The summed E-state index contributed by atoms with van der Waals surface area (Å²) in [5, 5.41) is 2.76. The lowest BCUT2D eigenvalue weighted by Crippen LogP contribution is -2.24. The van der Waals surface area contributed by atoms with Crippen LogP contribution in [0.5, 0.6) is 5.75 Å². The molecule has 8 heteroatoms. The summed E-state index contributed by atoms with van der Waals surface area (Å²) in [6.45, 7) is 0.614. The molecule has 0 bridgehead atoms. The summed E-state index contributed by atoms with van der Waals surface area (Å²) in [5.41, 5.74) is 0.584. The van der Waals surface area contributed by atoms with E-state index < -0.39 is 23.6 Å². The largest absolute Gasteiger partial charge is 0.494 e.